The van der Waals surface area contributed by atoms with Crippen LogP contribution >= 0.6 is 0 Å². The average molecular weight is 219 g/mol. The van der Waals surface area contributed by atoms with Crippen LogP contribution in [0.1, 0.15) is 18.5 Å². The van der Waals surface area contributed by atoms with Gasteiger partial charge in [0, 0.05) is 32.3 Å². The zero-order valence-electron chi connectivity index (χ0n) is 9.39. The van der Waals surface area contributed by atoms with E-state index in [2.05, 4.69) is 11.6 Å². The highest BCUT2D eigenvalue weighted by atomic mass is 16.5. The predicted octanol–water partition coefficient (Wildman–Crippen LogP) is 2.29. The van der Waals surface area contributed by atoms with E-state index in [9.17, 15) is 0 Å². The fourth-order valence-electron chi connectivity index (χ4n) is 2.03. The van der Waals surface area contributed by atoms with Crippen LogP contribution in [-0.4, -0.2) is 24.8 Å². The Labute approximate surface area is 96.1 Å². The molecule has 0 aliphatic carbocycles. The van der Waals surface area contributed by atoms with Gasteiger partial charge in [-0.25, -0.2) is 0 Å². The van der Waals surface area contributed by atoms with Crippen molar-refractivity contribution in [2.45, 2.75) is 18.4 Å². The van der Waals surface area contributed by atoms with E-state index in [4.69, 9.17) is 9.47 Å². The number of rotatable bonds is 4. The van der Waals surface area contributed by atoms with Crippen molar-refractivity contribution in [3.63, 3.8) is 0 Å². The molecule has 0 saturated carbocycles. The lowest BCUT2D eigenvalue weighted by Gasteiger charge is -2.36. The molecule has 0 unspecified atom stereocenters. The minimum absolute atomic E-state index is 0.284. The van der Waals surface area contributed by atoms with Crippen molar-refractivity contribution < 1.29 is 9.47 Å². The van der Waals surface area contributed by atoms with Gasteiger partial charge >= 0.3 is 0 Å². The van der Waals surface area contributed by atoms with Gasteiger partial charge in [0.25, 0.3) is 0 Å². The molecule has 1 aromatic rings. The molecule has 1 aromatic heterocycles. The van der Waals surface area contributed by atoms with Crippen molar-refractivity contribution in [3.05, 3.63) is 42.7 Å². The molecule has 3 heteroatoms. The van der Waals surface area contributed by atoms with Crippen molar-refractivity contribution in [3.8, 4) is 0 Å². The summed E-state index contributed by atoms with van der Waals surface area (Å²) in [5.74, 6) is 0. The summed E-state index contributed by atoms with van der Waals surface area (Å²) in [6, 6.07) is 5.94. The number of hydrogen-bond donors (Lipinski definition) is 0. The molecule has 1 saturated heterocycles. The maximum absolute atomic E-state index is 5.95. The quantitative estimate of drug-likeness (QED) is 0.728. The molecule has 16 heavy (non-hydrogen) atoms. The second-order valence-electron chi connectivity index (χ2n) is 3.92. The Morgan fingerprint density at radius 3 is 2.88 bits per heavy atom. The second kappa shape index (κ2) is 5.23. The Balaban J connectivity index is 2.22. The Hall–Kier alpha value is -1.19. The molecular weight excluding hydrogens is 202 g/mol. The summed E-state index contributed by atoms with van der Waals surface area (Å²) < 4.78 is 11.3. The van der Waals surface area contributed by atoms with Gasteiger partial charge < -0.3 is 9.47 Å². The minimum Gasteiger partial charge on any atom is -0.381 e. The van der Waals surface area contributed by atoms with Crippen LogP contribution in [0.15, 0.2) is 37.1 Å². The van der Waals surface area contributed by atoms with Crippen LogP contribution in [0, 0.1) is 0 Å². The molecule has 0 bridgehead atoms. The SMILES string of the molecule is C=CCOC1(c2ccccn2)CCOCC1. The molecule has 1 aliphatic heterocycles. The minimum atomic E-state index is -0.284. The van der Waals surface area contributed by atoms with Crippen LogP contribution in [0.25, 0.3) is 0 Å². The molecule has 0 radical (unpaired) electrons. The Kier molecular flexibility index (Phi) is 3.70. The van der Waals surface area contributed by atoms with Crippen LogP contribution in [0.3, 0.4) is 0 Å². The van der Waals surface area contributed by atoms with Gasteiger partial charge in [0.15, 0.2) is 0 Å². The second-order valence-corrected chi connectivity index (χ2v) is 3.92. The molecule has 3 nitrogen and oxygen atoms in total. The van der Waals surface area contributed by atoms with E-state index in [0.29, 0.717) is 6.61 Å². The summed E-state index contributed by atoms with van der Waals surface area (Å²) in [6.45, 7) is 5.71. The van der Waals surface area contributed by atoms with E-state index in [1.807, 2.05) is 24.4 Å². The molecule has 0 aromatic carbocycles. The molecular formula is C13H17NO2. The number of pyridine rings is 1. The van der Waals surface area contributed by atoms with Crippen molar-refractivity contribution in [1.29, 1.82) is 0 Å². The Morgan fingerprint density at radius 2 is 2.25 bits per heavy atom. The Bertz CT molecular complexity index is 331. The van der Waals surface area contributed by atoms with E-state index < -0.39 is 0 Å². The lowest BCUT2D eigenvalue weighted by atomic mass is 9.90. The molecule has 0 atom stereocenters. The first-order valence-electron chi connectivity index (χ1n) is 5.61. The van der Waals surface area contributed by atoms with E-state index in [1.165, 1.54) is 0 Å². The van der Waals surface area contributed by atoms with Crippen molar-refractivity contribution >= 4 is 0 Å². The number of ether oxygens (including phenoxy) is 2. The van der Waals surface area contributed by atoms with Crippen molar-refractivity contribution in [2.75, 3.05) is 19.8 Å². The van der Waals surface area contributed by atoms with Crippen LogP contribution in [0.4, 0.5) is 0 Å². The summed E-state index contributed by atoms with van der Waals surface area (Å²) in [5, 5.41) is 0. The maximum Gasteiger partial charge on any atom is 0.115 e. The summed E-state index contributed by atoms with van der Waals surface area (Å²) >= 11 is 0. The molecule has 2 rings (SSSR count). The third kappa shape index (κ3) is 2.31. The van der Waals surface area contributed by atoms with Gasteiger partial charge in [-0.05, 0) is 12.1 Å². The summed E-state index contributed by atoms with van der Waals surface area (Å²) in [5.41, 5.74) is 0.716. The molecule has 1 fully saturated rings. The topological polar surface area (TPSA) is 31.4 Å². The number of hydrogen-bond acceptors (Lipinski definition) is 3. The first-order valence-corrected chi connectivity index (χ1v) is 5.61. The lowest BCUT2D eigenvalue weighted by molar-refractivity contribution is -0.110. The largest absolute Gasteiger partial charge is 0.381 e. The smallest absolute Gasteiger partial charge is 0.115 e. The van der Waals surface area contributed by atoms with Crippen LogP contribution in [0.5, 0.6) is 0 Å². The molecule has 2 heterocycles. The molecule has 0 N–H and O–H groups in total. The van der Waals surface area contributed by atoms with Crippen molar-refractivity contribution in [1.82, 2.24) is 4.98 Å². The van der Waals surface area contributed by atoms with Gasteiger partial charge in [-0.15, -0.1) is 6.58 Å². The van der Waals surface area contributed by atoms with E-state index in [-0.39, 0.29) is 5.60 Å². The number of nitrogens with zero attached hydrogens (tertiary/aromatic N) is 1. The Morgan fingerprint density at radius 1 is 1.44 bits per heavy atom. The van der Waals surface area contributed by atoms with Gasteiger partial charge in [0.05, 0.1) is 12.3 Å². The number of aromatic nitrogens is 1. The molecule has 0 amide bonds. The highest BCUT2D eigenvalue weighted by molar-refractivity contribution is 5.14. The summed E-state index contributed by atoms with van der Waals surface area (Å²) in [6.07, 6.45) is 5.31. The van der Waals surface area contributed by atoms with Gasteiger partial charge in [0.2, 0.25) is 0 Å². The van der Waals surface area contributed by atoms with Crippen molar-refractivity contribution in [2.24, 2.45) is 0 Å². The van der Waals surface area contributed by atoms with Crippen LogP contribution in [0.2, 0.25) is 0 Å². The highest BCUT2D eigenvalue weighted by Gasteiger charge is 2.36. The summed E-state index contributed by atoms with van der Waals surface area (Å²) in [4.78, 5) is 4.41. The fraction of sp³-hybridized carbons (Fsp3) is 0.462. The standard InChI is InChI=1S/C13H17NO2/c1-2-9-16-13(6-10-15-11-7-13)12-5-3-4-8-14-12/h2-5,8H,1,6-7,9-11H2. The summed E-state index contributed by atoms with van der Waals surface area (Å²) in [7, 11) is 0. The molecule has 1 aliphatic rings. The average Bonchev–Trinajstić information content (AvgIpc) is 2.38. The predicted molar refractivity (Wildman–Crippen MR) is 62.1 cm³/mol. The van der Waals surface area contributed by atoms with E-state index >= 15 is 0 Å². The van der Waals surface area contributed by atoms with Gasteiger partial charge in [-0.2, -0.15) is 0 Å². The first kappa shape index (κ1) is 11.3. The van der Waals surface area contributed by atoms with E-state index in [0.717, 1.165) is 31.7 Å². The van der Waals surface area contributed by atoms with Crippen LogP contribution in [-0.2, 0) is 15.1 Å². The van der Waals surface area contributed by atoms with Gasteiger partial charge in [-0.1, -0.05) is 12.1 Å². The zero-order chi connectivity index (χ0) is 11.3. The fourth-order valence-corrected chi connectivity index (χ4v) is 2.03. The molecule has 0 spiro atoms. The third-order valence-corrected chi connectivity index (χ3v) is 2.91. The maximum atomic E-state index is 5.95. The van der Waals surface area contributed by atoms with E-state index in [1.54, 1.807) is 6.08 Å². The molecule has 86 valence electrons. The third-order valence-electron chi connectivity index (χ3n) is 2.91. The normalized spacial score (nSPS) is 19.2. The zero-order valence-corrected chi connectivity index (χ0v) is 9.39. The monoisotopic (exact) mass is 219 g/mol. The van der Waals surface area contributed by atoms with Gasteiger partial charge in [-0.3, -0.25) is 4.98 Å². The van der Waals surface area contributed by atoms with Gasteiger partial charge in [0.1, 0.15) is 5.60 Å². The first-order chi connectivity index (χ1) is 7.87. The highest BCUT2D eigenvalue weighted by Crippen LogP contribution is 2.34. The lowest BCUT2D eigenvalue weighted by Crippen LogP contribution is -2.37. The van der Waals surface area contributed by atoms with Crippen LogP contribution < -0.4 is 0 Å².